The molecule has 0 spiro atoms. The molecule has 1 aromatic heterocycles. The van der Waals surface area contributed by atoms with Gasteiger partial charge in [0.15, 0.2) is 0 Å². The molecule has 5 heteroatoms. The molecule has 112 valence electrons. The zero-order valence-electron chi connectivity index (χ0n) is 12.5. The van der Waals surface area contributed by atoms with Crippen LogP contribution in [0.2, 0.25) is 0 Å². The van der Waals surface area contributed by atoms with E-state index in [-0.39, 0.29) is 5.92 Å². The van der Waals surface area contributed by atoms with Crippen LogP contribution < -0.4 is 0 Å². The minimum absolute atomic E-state index is 0.225. The van der Waals surface area contributed by atoms with E-state index in [2.05, 4.69) is 11.0 Å². The summed E-state index contributed by atoms with van der Waals surface area (Å²) in [7, 11) is 1.90. The second kappa shape index (κ2) is 5.19. The van der Waals surface area contributed by atoms with Gasteiger partial charge in [-0.3, -0.25) is 9.69 Å². The average Bonchev–Trinajstić information content (AvgIpc) is 3.16. The Hall–Kier alpha value is -1.80. The van der Waals surface area contributed by atoms with E-state index in [1.165, 1.54) is 12.8 Å². The van der Waals surface area contributed by atoms with Crippen molar-refractivity contribution in [1.29, 1.82) is 5.26 Å². The summed E-state index contributed by atoms with van der Waals surface area (Å²) in [4.78, 5) is 13.7. The number of carbonyl (C=O) groups is 1. The molecule has 2 fully saturated rings. The monoisotopic (exact) mass is 287 g/mol. The Bertz CT molecular complexity index is 610. The number of nitriles is 1. The molecule has 1 N–H and O–H groups in total. The van der Waals surface area contributed by atoms with Crippen molar-refractivity contribution in [2.24, 2.45) is 24.8 Å². The topological polar surface area (TPSA) is 69.3 Å². The van der Waals surface area contributed by atoms with Gasteiger partial charge in [0.25, 0.3) is 0 Å². The van der Waals surface area contributed by atoms with Gasteiger partial charge in [-0.2, -0.15) is 5.26 Å². The van der Waals surface area contributed by atoms with Gasteiger partial charge in [0.1, 0.15) is 11.8 Å². The average molecular weight is 287 g/mol. The van der Waals surface area contributed by atoms with Crippen LogP contribution in [-0.4, -0.2) is 33.6 Å². The Morgan fingerprint density at radius 2 is 2.19 bits per heavy atom. The van der Waals surface area contributed by atoms with Crippen molar-refractivity contribution in [1.82, 2.24) is 9.47 Å². The van der Waals surface area contributed by atoms with E-state index in [1.54, 1.807) is 0 Å². The third-order valence-electron chi connectivity index (χ3n) is 5.13. The van der Waals surface area contributed by atoms with Crippen molar-refractivity contribution in [2.75, 3.05) is 13.1 Å². The van der Waals surface area contributed by atoms with Crippen molar-refractivity contribution in [2.45, 2.75) is 26.3 Å². The van der Waals surface area contributed by atoms with Crippen molar-refractivity contribution < 1.29 is 9.90 Å². The Kier molecular flexibility index (Phi) is 3.50. The summed E-state index contributed by atoms with van der Waals surface area (Å²) >= 11 is 0. The molecule has 5 nitrogen and oxygen atoms in total. The van der Waals surface area contributed by atoms with Crippen LogP contribution in [0, 0.1) is 36.0 Å². The van der Waals surface area contributed by atoms with Crippen molar-refractivity contribution in [3.05, 3.63) is 23.0 Å². The lowest BCUT2D eigenvalue weighted by molar-refractivity contribution is -0.142. The highest BCUT2D eigenvalue weighted by Crippen LogP contribution is 2.44. The molecule has 0 bridgehead atoms. The zero-order valence-corrected chi connectivity index (χ0v) is 12.5. The van der Waals surface area contributed by atoms with Gasteiger partial charge in [0.2, 0.25) is 0 Å². The highest BCUT2D eigenvalue weighted by Gasteiger charge is 2.45. The van der Waals surface area contributed by atoms with E-state index in [1.807, 2.05) is 24.6 Å². The number of carboxylic acid groups (broad SMARTS) is 1. The molecule has 0 amide bonds. The molecule has 2 aliphatic rings. The summed E-state index contributed by atoms with van der Waals surface area (Å²) in [5.74, 6) is 0.0402. The van der Waals surface area contributed by atoms with E-state index < -0.39 is 5.97 Å². The van der Waals surface area contributed by atoms with Gasteiger partial charge in [-0.15, -0.1) is 0 Å². The first kappa shape index (κ1) is 14.2. The van der Waals surface area contributed by atoms with Crippen LogP contribution in [0.5, 0.6) is 0 Å². The van der Waals surface area contributed by atoms with E-state index in [9.17, 15) is 9.90 Å². The lowest BCUT2D eigenvalue weighted by atomic mass is 9.92. The number of carboxylic acids is 1. The van der Waals surface area contributed by atoms with Gasteiger partial charge in [-0.1, -0.05) is 0 Å². The molecule has 21 heavy (non-hydrogen) atoms. The number of hydrogen-bond acceptors (Lipinski definition) is 3. The maximum Gasteiger partial charge on any atom is 0.308 e. The predicted molar refractivity (Wildman–Crippen MR) is 77.5 cm³/mol. The molecular formula is C16H21N3O2. The standard InChI is InChI=1S/C16H21N3O2/c1-10-12(5-13(6-17)18(10)2)7-19-8-14(11-3-4-11)15(9-19)16(20)21/h5,11,14-15H,3-4,7-9H2,1-2H3,(H,20,21)/t14-,15+/m1/s1. The summed E-state index contributed by atoms with van der Waals surface area (Å²) < 4.78 is 1.90. The van der Waals surface area contributed by atoms with E-state index in [0.29, 0.717) is 24.1 Å². The van der Waals surface area contributed by atoms with Gasteiger partial charge in [-0.25, -0.2) is 0 Å². The van der Waals surface area contributed by atoms with Crippen LogP contribution in [0.15, 0.2) is 6.07 Å². The van der Waals surface area contributed by atoms with Gasteiger partial charge >= 0.3 is 5.97 Å². The van der Waals surface area contributed by atoms with Gasteiger partial charge < -0.3 is 9.67 Å². The molecule has 2 heterocycles. The number of rotatable bonds is 4. The lowest BCUT2D eigenvalue weighted by Crippen LogP contribution is -2.24. The quantitative estimate of drug-likeness (QED) is 0.916. The fourth-order valence-electron chi connectivity index (χ4n) is 3.58. The largest absolute Gasteiger partial charge is 0.481 e. The van der Waals surface area contributed by atoms with Crippen LogP contribution in [0.3, 0.4) is 0 Å². The Morgan fingerprint density at radius 3 is 2.71 bits per heavy atom. The molecule has 1 aliphatic carbocycles. The van der Waals surface area contributed by atoms with Crippen LogP contribution in [0.1, 0.15) is 29.8 Å². The maximum absolute atomic E-state index is 11.4. The van der Waals surface area contributed by atoms with Gasteiger partial charge in [0.05, 0.1) is 5.92 Å². The summed E-state index contributed by atoms with van der Waals surface area (Å²) in [5, 5.41) is 18.5. The first-order valence-electron chi connectivity index (χ1n) is 7.51. The number of hydrogen-bond donors (Lipinski definition) is 1. The first-order valence-corrected chi connectivity index (χ1v) is 7.51. The Balaban J connectivity index is 1.74. The van der Waals surface area contributed by atoms with E-state index >= 15 is 0 Å². The fraction of sp³-hybridized carbons (Fsp3) is 0.625. The number of likely N-dealkylation sites (tertiary alicyclic amines) is 1. The number of aromatic nitrogens is 1. The molecule has 1 aliphatic heterocycles. The summed E-state index contributed by atoms with van der Waals surface area (Å²) in [5.41, 5.74) is 2.89. The molecule has 0 radical (unpaired) electrons. The molecule has 1 saturated carbocycles. The van der Waals surface area contributed by atoms with Crippen LogP contribution >= 0.6 is 0 Å². The summed E-state index contributed by atoms with van der Waals surface area (Å²) in [6, 6.07) is 4.12. The van der Waals surface area contributed by atoms with Crippen molar-refractivity contribution >= 4 is 5.97 Å². The second-order valence-corrected chi connectivity index (χ2v) is 6.45. The number of nitrogens with zero attached hydrogens (tertiary/aromatic N) is 3. The predicted octanol–water partition coefficient (Wildman–Crippen LogP) is 1.75. The minimum Gasteiger partial charge on any atom is -0.481 e. The molecular weight excluding hydrogens is 266 g/mol. The number of aliphatic carboxylic acids is 1. The SMILES string of the molecule is Cc1c(CN2C[C@H](C(=O)O)[C@@H](C3CC3)C2)cc(C#N)n1C. The smallest absolute Gasteiger partial charge is 0.308 e. The maximum atomic E-state index is 11.4. The van der Waals surface area contributed by atoms with Crippen molar-refractivity contribution in [3.63, 3.8) is 0 Å². The third-order valence-corrected chi connectivity index (χ3v) is 5.13. The zero-order chi connectivity index (χ0) is 15.1. The minimum atomic E-state index is -0.656. The highest BCUT2D eigenvalue weighted by atomic mass is 16.4. The lowest BCUT2D eigenvalue weighted by Gasteiger charge is -2.15. The molecule has 1 aromatic rings. The van der Waals surface area contributed by atoms with Crippen LogP contribution in [-0.2, 0) is 18.4 Å². The molecule has 0 aromatic carbocycles. The van der Waals surface area contributed by atoms with Crippen LogP contribution in [0.25, 0.3) is 0 Å². The molecule has 2 atom stereocenters. The summed E-state index contributed by atoms with van der Waals surface area (Å²) in [6.07, 6.45) is 2.37. The van der Waals surface area contributed by atoms with E-state index in [4.69, 9.17) is 5.26 Å². The second-order valence-electron chi connectivity index (χ2n) is 6.45. The van der Waals surface area contributed by atoms with Crippen molar-refractivity contribution in [3.8, 4) is 6.07 Å². The normalized spacial score (nSPS) is 26.0. The summed E-state index contributed by atoms with van der Waals surface area (Å²) in [6.45, 7) is 4.26. The molecule has 3 rings (SSSR count). The van der Waals surface area contributed by atoms with Gasteiger partial charge in [0, 0.05) is 32.4 Å². The van der Waals surface area contributed by atoms with E-state index in [0.717, 1.165) is 24.3 Å². The fourth-order valence-corrected chi connectivity index (χ4v) is 3.58. The highest BCUT2D eigenvalue weighted by molar-refractivity contribution is 5.71. The first-order chi connectivity index (χ1) is 10.0. The van der Waals surface area contributed by atoms with Crippen LogP contribution in [0.4, 0.5) is 0 Å². The Labute approximate surface area is 124 Å². The Morgan fingerprint density at radius 1 is 1.48 bits per heavy atom. The third kappa shape index (κ3) is 2.56. The molecule has 0 unspecified atom stereocenters. The molecule has 1 saturated heterocycles. The van der Waals surface area contributed by atoms with Gasteiger partial charge in [-0.05, 0) is 43.2 Å².